The van der Waals surface area contributed by atoms with Crippen LogP contribution in [0.1, 0.15) is 11.1 Å². The van der Waals surface area contributed by atoms with Gasteiger partial charge in [-0.05, 0) is 23.3 Å². The molecule has 0 amide bonds. The van der Waals surface area contributed by atoms with Gasteiger partial charge in [0, 0.05) is 25.2 Å². The third kappa shape index (κ3) is 5.94. The van der Waals surface area contributed by atoms with E-state index in [-0.39, 0.29) is 5.69 Å². The van der Waals surface area contributed by atoms with Crippen LogP contribution >= 0.6 is 0 Å². The highest BCUT2D eigenvalue weighted by atomic mass is 16.6. The molecule has 0 fully saturated rings. The summed E-state index contributed by atoms with van der Waals surface area (Å²) in [5.74, 6) is 1.44. The summed E-state index contributed by atoms with van der Waals surface area (Å²) < 4.78 is 5.14. The topological polar surface area (TPSA) is 88.8 Å². The number of nitrogens with one attached hydrogen (secondary N) is 2. The fraction of sp³-hybridized carbons (Fsp3) is 0.211. The van der Waals surface area contributed by atoms with Crippen molar-refractivity contribution in [1.29, 1.82) is 0 Å². The van der Waals surface area contributed by atoms with Crippen molar-refractivity contribution in [2.75, 3.05) is 13.7 Å². The highest BCUT2D eigenvalue weighted by Gasteiger charge is 2.04. The molecule has 7 nitrogen and oxygen atoms in total. The number of nitro benzene ring substituents is 1. The van der Waals surface area contributed by atoms with E-state index in [1.165, 1.54) is 12.1 Å². The minimum atomic E-state index is -0.412. The molecule has 2 aromatic carbocycles. The molecular formula is C19H22N4O3. The molecule has 0 atom stereocenters. The van der Waals surface area contributed by atoms with Crippen LogP contribution in [0.5, 0.6) is 5.75 Å². The number of methoxy groups -OCH3 is 1. The predicted octanol–water partition coefficient (Wildman–Crippen LogP) is 3.02. The van der Waals surface area contributed by atoms with Gasteiger partial charge in [0.25, 0.3) is 5.69 Å². The van der Waals surface area contributed by atoms with Crippen LogP contribution in [0.15, 0.2) is 66.2 Å². The maximum absolute atomic E-state index is 10.7. The van der Waals surface area contributed by atoms with Crippen molar-refractivity contribution < 1.29 is 9.66 Å². The smallest absolute Gasteiger partial charge is 0.269 e. The summed E-state index contributed by atoms with van der Waals surface area (Å²) in [6, 6.07) is 14.1. The Hall–Kier alpha value is -3.35. The molecule has 0 aliphatic carbocycles. The first kappa shape index (κ1) is 19.0. The van der Waals surface area contributed by atoms with E-state index >= 15 is 0 Å². The van der Waals surface area contributed by atoms with Gasteiger partial charge in [0.05, 0.1) is 18.6 Å². The fourth-order valence-corrected chi connectivity index (χ4v) is 2.17. The minimum absolute atomic E-state index is 0.0759. The van der Waals surface area contributed by atoms with Gasteiger partial charge >= 0.3 is 0 Å². The van der Waals surface area contributed by atoms with Crippen molar-refractivity contribution >= 4 is 11.6 Å². The molecule has 0 aliphatic heterocycles. The van der Waals surface area contributed by atoms with E-state index in [0.29, 0.717) is 25.6 Å². The number of aliphatic imine (C=N–C) groups is 1. The van der Waals surface area contributed by atoms with E-state index in [1.807, 2.05) is 24.3 Å². The summed E-state index contributed by atoms with van der Waals surface area (Å²) in [6.45, 7) is 5.28. The Kier molecular flexibility index (Phi) is 7.17. The van der Waals surface area contributed by atoms with Crippen LogP contribution in [0, 0.1) is 10.1 Å². The lowest BCUT2D eigenvalue weighted by molar-refractivity contribution is -0.384. The molecule has 0 spiro atoms. The van der Waals surface area contributed by atoms with Crippen molar-refractivity contribution in [3.8, 4) is 5.75 Å². The number of nitrogens with zero attached hydrogens (tertiary/aromatic N) is 2. The molecule has 0 saturated carbocycles. The zero-order chi connectivity index (χ0) is 18.8. The maximum atomic E-state index is 10.7. The molecule has 0 aliphatic rings. The fourth-order valence-electron chi connectivity index (χ4n) is 2.17. The van der Waals surface area contributed by atoms with Gasteiger partial charge in [-0.25, -0.2) is 4.99 Å². The second kappa shape index (κ2) is 9.83. The van der Waals surface area contributed by atoms with Crippen LogP contribution in [0.4, 0.5) is 5.69 Å². The van der Waals surface area contributed by atoms with E-state index in [4.69, 9.17) is 4.74 Å². The number of benzene rings is 2. The lowest BCUT2D eigenvalue weighted by atomic mass is 10.2. The normalized spacial score (nSPS) is 10.9. The number of guanidine groups is 1. The predicted molar refractivity (Wildman–Crippen MR) is 102 cm³/mol. The van der Waals surface area contributed by atoms with Gasteiger partial charge in [0.1, 0.15) is 5.75 Å². The van der Waals surface area contributed by atoms with Crippen molar-refractivity contribution in [2.45, 2.75) is 13.1 Å². The van der Waals surface area contributed by atoms with Crippen molar-refractivity contribution in [1.82, 2.24) is 10.6 Å². The number of rotatable bonds is 8. The van der Waals surface area contributed by atoms with E-state index < -0.39 is 4.92 Å². The maximum Gasteiger partial charge on any atom is 0.269 e. The summed E-state index contributed by atoms with van der Waals surface area (Å²) in [5.41, 5.74) is 2.06. The summed E-state index contributed by atoms with van der Waals surface area (Å²) in [6.07, 6.45) is 1.75. The molecule has 0 aromatic heterocycles. The third-order valence-corrected chi connectivity index (χ3v) is 3.60. The molecule has 2 N–H and O–H groups in total. The molecule has 0 heterocycles. The molecule has 0 unspecified atom stereocenters. The third-order valence-electron chi connectivity index (χ3n) is 3.60. The molecule has 0 bridgehead atoms. The second-order valence-corrected chi connectivity index (χ2v) is 5.46. The molecule has 26 heavy (non-hydrogen) atoms. The van der Waals surface area contributed by atoms with Crippen LogP contribution in [0.2, 0.25) is 0 Å². The number of nitro groups is 1. The summed E-state index contributed by atoms with van der Waals surface area (Å²) in [5, 5.41) is 17.1. The molecule has 2 rings (SSSR count). The van der Waals surface area contributed by atoms with Gasteiger partial charge in [-0.2, -0.15) is 0 Å². The molecule has 7 heteroatoms. The zero-order valence-corrected chi connectivity index (χ0v) is 14.6. The van der Waals surface area contributed by atoms with Gasteiger partial charge in [0.2, 0.25) is 0 Å². The number of hydrogen-bond acceptors (Lipinski definition) is 4. The number of non-ortho nitro benzene ring substituents is 1. The molecule has 0 radical (unpaired) electrons. The SMILES string of the molecule is C=CCNC(=NCc1ccc(OC)cc1)NCc1ccc([N+](=O)[O-])cc1. The van der Waals surface area contributed by atoms with Gasteiger partial charge in [-0.15, -0.1) is 6.58 Å². The second-order valence-electron chi connectivity index (χ2n) is 5.46. The summed E-state index contributed by atoms with van der Waals surface area (Å²) >= 11 is 0. The minimum Gasteiger partial charge on any atom is -0.497 e. The summed E-state index contributed by atoms with van der Waals surface area (Å²) in [4.78, 5) is 14.8. The zero-order valence-electron chi connectivity index (χ0n) is 14.6. The van der Waals surface area contributed by atoms with Gasteiger partial charge < -0.3 is 15.4 Å². The standard InChI is InChI=1S/C19H22N4O3/c1-3-12-20-19(22-14-16-6-10-18(26-2)11-7-16)21-13-15-4-8-17(9-5-15)23(24)25/h3-11H,1,12-14H2,2H3,(H2,20,21,22). The van der Waals surface area contributed by atoms with E-state index in [1.54, 1.807) is 25.3 Å². The quantitative estimate of drug-likeness (QED) is 0.250. The largest absolute Gasteiger partial charge is 0.497 e. The molecular weight excluding hydrogens is 332 g/mol. The van der Waals surface area contributed by atoms with Gasteiger partial charge in [0.15, 0.2) is 5.96 Å². The average Bonchev–Trinajstić information content (AvgIpc) is 2.68. The Morgan fingerprint density at radius 1 is 1.15 bits per heavy atom. The van der Waals surface area contributed by atoms with Crippen molar-refractivity contribution in [3.63, 3.8) is 0 Å². The highest BCUT2D eigenvalue weighted by Crippen LogP contribution is 2.13. The van der Waals surface area contributed by atoms with Crippen molar-refractivity contribution in [2.24, 2.45) is 4.99 Å². The van der Waals surface area contributed by atoms with Crippen LogP contribution < -0.4 is 15.4 Å². The molecule has 2 aromatic rings. The van der Waals surface area contributed by atoms with Crippen LogP contribution in [-0.4, -0.2) is 24.5 Å². The van der Waals surface area contributed by atoms with Crippen LogP contribution in [0.3, 0.4) is 0 Å². The number of ether oxygens (including phenoxy) is 1. The van der Waals surface area contributed by atoms with Crippen molar-refractivity contribution in [3.05, 3.63) is 82.4 Å². The first-order chi connectivity index (χ1) is 12.6. The molecule has 0 saturated heterocycles. The van der Waals surface area contributed by atoms with Gasteiger partial charge in [-0.3, -0.25) is 10.1 Å². The molecule has 136 valence electrons. The van der Waals surface area contributed by atoms with Crippen LogP contribution in [0.25, 0.3) is 0 Å². The first-order valence-corrected chi connectivity index (χ1v) is 8.11. The highest BCUT2D eigenvalue weighted by molar-refractivity contribution is 5.79. The lowest BCUT2D eigenvalue weighted by Crippen LogP contribution is -2.37. The van der Waals surface area contributed by atoms with E-state index in [0.717, 1.165) is 16.9 Å². The van der Waals surface area contributed by atoms with E-state index in [2.05, 4.69) is 22.2 Å². The Labute approximate surface area is 152 Å². The van der Waals surface area contributed by atoms with E-state index in [9.17, 15) is 10.1 Å². The summed E-state index contributed by atoms with van der Waals surface area (Å²) in [7, 11) is 1.63. The Morgan fingerprint density at radius 3 is 2.38 bits per heavy atom. The van der Waals surface area contributed by atoms with Crippen LogP contribution in [-0.2, 0) is 13.1 Å². The Bertz CT molecular complexity index is 755. The first-order valence-electron chi connectivity index (χ1n) is 8.11. The lowest BCUT2D eigenvalue weighted by Gasteiger charge is -2.11. The van der Waals surface area contributed by atoms with Gasteiger partial charge in [-0.1, -0.05) is 30.3 Å². The Balaban J connectivity index is 1.98. The number of hydrogen-bond donors (Lipinski definition) is 2. The Morgan fingerprint density at radius 2 is 1.81 bits per heavy atom. The monoisotopic (exact) mass is 354 g/mol. The average molecular weight is 354 g/mol.